The second-order valence-electron chi connectivity index (χ2n) is 25.9. The standard InChI is InChI=1S/C37H64BN2O10PS.C33H58BN2O9PS/c1-6-7-8-9-10-11-12-13-14-15-16-17-18-19-30(41)20-21-31(49-36(43)23-22-35(42)45-5)27-47-51(52,46-25-24-39-4)48-28-33-32(26-34(38)50-33)40-37(44)29(2)3;1-4-5-6-7-8-9-10-11-12-13-14-15-16-17-27(37)18-19-28(44-33(39)21-20-32(38)40-3)25-42-46(47,41-23-22-36-2)43-26-30-29(35)24-31(34)45-30/h29,31-34H,6-28H2,1-3,5H3,(H,40,44);28-31H,4-26,35H2,1,3H3/t31?,32?,33-,34-,51?;28?,29?,30-,31-,46?/m11/s1. The lowest BCUT2D eigenvalue weighted by Gasteiger charge is -2.27. The molecule has 2 rings (SSSR count). The lowest BCUT2D eigenvalue weighted by atomic mass is 9.94. The third kappa shape index (κ3) is 50.7. The van der Waals surface area contributed by atoms with Crippen LogP contribution >= 0.6 is 13.4 Å². The molecule has 2 fully saturated rings. The molecule has 2 aliphatic heterocycles. The molecule has 23 nitrogen and oxygen atoms in total. The molecule has 3 N–H and O–H groups in total. The third-order valence-corrected chi connectivity index (χ3v) is 21.5. The molecular formula is C70H122B2N4O19P2S2. The minimum absolute atomic E-state index is 0.0148. The van der Waals surface area contributed by atoms with Gasteiger partial charge in [-0.25, -0.2) is 13.1 Å². The van der Waals surface area contributed by atoms with E-state index in [0.29, 0.717) is 25.7 Å². The van der Waals surface area contributed by atoms with E-state index in [1.165, 1.54) is 143 Å². The van der Waals surface area contributed by atoms with E-state index in [9.17, 15) is 33.6 Å². The van der Waals surface area contributed by atoms with E-state index >= 15 is 0 Å². The lowest BCUT2D eigenvalue weighted by molar-refractivity contribution is -0.154. The number of amides is 1. The van der Waals surface area contributed by atoms with Crippen LogP contribution in [0.2, 0.25) is 0 Å². The van der Waals surface area contributed by atoms with Gasteiger partial charge in [0.15, 0.2) is 0 Å². The smallest absolute Gasteiger partial charge is 0.327 e. The van der Waals surface area contributed by atoms with Crippen molar-refractivity contribution in [3.63, 3.8) is 0 Å². The van der Waals surface area contributed by atoms with Crippen LogP contribution in [0.25, 0.3) is 9.69 Å². The number of nitrogens with zero attached hydrogens (tertiary/aromatic N) is 2. The van der Waals surface area contributed by atoms with Crippen LogP contribution in [-0.4, -0.2) is 173 Å². The summed E-state index contributed by atoms with van der Waals surface area (Å²) in [5.74, 6) is -2.62. The van der Waals surface area contributed by atoms with Crippen LogP contribution in [-0.2, 0) is 113 Å². The second kappa shape index (κ2) is 60.1. The largest absolute Gasteiger partial charge is 0.469 e. The van der Waals surface area contributed by atoms with Gasteiger partial charge in [0.05, 0.1) is 78.5 Å². The number of hydrogen-bond acceptors (Lipinski definition) is 22. The zero-order chi connectivity index (χ0) is 73.4. The average molecular weight is 1470 g/mol. The van der Waals surface area contributed by atoms with Crippen molar-refractivity contribution in [2.45, 2.75) is 320 Å². The number of ketones is 2. The fourth-order valence-electron chi connectivity index (χ4n) is 10.7. The van der Waals surface area contributed by atoms with Crippen molar-refractivity contribution in [3.05, 3.63) is 22.8 Å². The van der Waals surface area contributed by atoms with Crippen molar-refractivity contribution in [1.29, 1.82) is 0 Å². The van der Waals surface area contributed by atoms with Gasteiger partial charge in [-0.05, 0) is 62.1 Å². The van der Waals surface area contributed by atoms with E-state index in [1.54, 1.807) is 13.8 Å². The van der Waals surface area contributed by atoms with Crippen LogP contribution in [0.15, 0.2) is 0 Å². The van der Waals surface area contributed by atoms with Gasteiger partial charge in [-0.3, -0.25) is 33.6 Å². The summed E-state index contributed by atoms with van der Waals surface area (Å²) in [5.41, 5.74) is 6.07. The summed E-state index contributed by atoms with van der Waals surface area (Å²) >= 11 is 11.2. The van der Waals surface area contributed by atoms with Gasteiger partial charge in [0.2, 0.25) is 19.0 Å². The Morgan fingerprint density at radius 3 is 1.18 bits per heavy atom. The van der Waals surface area contributed by atoms with Crippen LogP contribution in [0, 0.1) is 19.1 Å². The maximum absolute atomic E-state index is 12.8. The van der Waals surface area contributed by atoms with Gasteiger partial charge in [-0.2, -0.15) is 0 Å². The van der Waals surface area contributed by atoms with E-state index in [2.05, 4.69) is 38.3 Å². The zero-order valence-corrected chi connectivity index (χ0v) is 64.2. The number of unbranched alkanes of at least 4 members (excludes halogenated alkanes) is 24. The Bertz CT molecular complexity index is 2410. The van der Waals surface area contributed by atoms with Crippen LogP contribution < -0.4 is 11.1 Å². The minimum atomic E-state index is -3.52. The highest BCUT2D eigenvalue weighted by atomic mass is 32.5. The number of nitrogens with two attached hydrogens (primary N) is 1. The highest BCUT2D eigenvalue weighted by Crippen LogP contribution is 2.52. The normalized spacial score (nSPS) is 19.1. The highest BCUT2D eigenvalue weighted by Gasteiger charge is 2.38. The Hall–Kier alpha value is -3.26. The number of Topliss-reactive ketones (excluding diaryl/α,β-unsaturated/α-hetero) is 2. The molecule has 0 aromatic carbocycles. The molecule has 2 aliphatic rings. The number of carbonyl (C=O) groups excluding carboxylic acids is 7. The predicted octanol–water partition coefficient (Wildman–Crippen LogP) is 13.8. The third-order valence-electron chi connectivity index (χ3n) is 16.7. The summed E-state index contributed by atoms with van der Waals surface area (Å²) in [6, 6.07) is -1.88. The van der Waals surface area contributed by atoms with E-state index < -0.39 is 79.8 Å². The number of nitrogens with one attached hydrogen (secondary N) is 1. The molecule has 564 valence electrons. The van der Waals surface area contributed by atoms with Crippen LogP contribution in [0.4, 0.5) is 0 Å². The van der Waals surface area contributed by atoms with Crippen molar-refractivity contribution in [3.8, 4) is 0 Å². The van der Waals surface area contributed by atoms with Crippen LogP contribution in [0.5, 0.6) is 0 Å². The molecule has 0 aliphatic carbocycles. The van der Waals surface area contributed by atoms with Gasteiger partial charge < -0.3 is 76.3 Å². The number of rotatable bonds is 62. The van der Waals surface area contributed by atoms with E-state index in [-0.39, 0.29) is 134 Å². The van der Waals surface area contributed by atoms with Crippen molar-refractivity contribution < 1.29 is 89.1 Å². The SMILES string of the molecule is [B][C@H]1CC(N)[C@@H](COP(=S)(OCC[N+]#[C-])OCC(CCC(=O)CCCCCCCCCCCCCCC)OC(=O)CCC(=O)OC)O1.[B][C@H]1CC(NC(=O)C(C)C)[C@@H](COP(=S)(OCC[N+]#[C-])OCC(CCC(=O)CCCCCCCCCCCCCCC)OC(=O)CCC(=O)OC)O1. The first kappa shape index (κ1) is 93.8. The Labute approximate surface area is 607 Å². The molecular weight excluding hydrogens is 1350 g/mol. The fourth-order valence-corrected chi connectivity index (χ4v) is 14.3. The van der Waals surface area contributed by atoms with Gasteiger partial charge in [0.25, 0.3) is 0 Å². The van der Waals surface area contributed by atoms with Gasteiger partial charge in [-0.15, -0.1) is 0 Å². The first-order chi connectivity index (χ1) is 47.5. The molecule has 4 radical (unpaired) electrons. The summed E-state index contributed by atoms with van der Waals surface area (Å²) in [6.07, 6.45) is 31.0. The molecule has 0 aromatic heterocycles. The molecule has 2 heterocycles. The summed E-state index contributed by atoms with van der Waals surface area (Å²) in [6.45, 7) is 14.7. The van der Waals surface area contributed by atoms with E-state index in [0.717, 1.165) is 38.5 Å². The minimum Gasteiger partial charge on any atom is -0.469 e. The average Bonchev–Trinajstić information content (AvgIpc) is 1.75. The van der Waals surface area contributed by atoms with Crippen molar-refractivity contribution in [1.82, 2.24) is 5.32 Å². The molecule has 99 heavy (non-hydrogen) atoms. The van der Waals surface area contributed by atoms with Gasteiger partial charge >= 0.3 is 37.3 Å². The number of hydrogen-bond donors (Lipinski definition) is 2. The topological polar surface area (TPSA) is 277 Å². The number of esters is 4. The van der Waals surface area contributed by atoms with Gasteiger partial charge in [-0.1, -0.05) is 182 Å². The first-order valence-corrected chi connectivity index (χ1v) is 41.8. The molecule has 0 saturated carbocycles. The van der Waals surface area contributed by atoms with Crippen molar-refractivity contribution in [2.24, 2.45) is 11.7 Å². The quantitative estimate of drug-likeness (QED) is 0.0143. The predicted molar refractivity (Wildman–Crippen MR) is 391 cm³/mol. The molecule has 6 unspecified atom stereocenters. The number of ether oxygens (including phenoxy) is 6. The van der Waals surface area contributed by atoms with Crippen LogP contribution in [0.1, 0.15) is 272 Å². The summed E-state index contributed by atoms with van der Waals surface area (Å²) in [7, 11) is 14.3. The van der Waals surface area contributed by atoms with Gasteiger partial charge in [0.1, 0.15) is 58.8 Å². The van der Waals surface area contributed by atoms with Crippen molar-refractivity contribution in [2.75, 3.05) is 67.0 Å². The molecule has 2 saturated heterocycles. The highest BCUT2D eigenvalue weighted by molar-refractivity contribution is 8.07. The Morgan fingerprint density at radius 2 is 0.838 bits per heavy atom. The van der Waals surface area contributed by atoms with Gasteiger partial charge in [0, 0.05) is 49.6 Å². The van der Waals surface area contributed by atoms with Crippen molar-refractivity contribution >= 4 is 94.1 Å². The summed E-state index contributed by atoms with van der Waals surface area (Å²) < 4.78 is 66.8. The molecule has 0 spiro atoms. The number of methoxy groups -OCH3 is 2. The van der Waals surface area contributed by atoms with E-state index in [4.69, 9.17) is 104 Å². The maximum atomic E-state index is 12.8. The molecule has 10 atom stereocenters. The summed E-state index contributed by atoms with van der Waals surface area (Å²) in [4.78, 5) is 92.6. The van der Waals surface area contributed by atoms with E-state index in [1.807, 2.05) is 0 Å². The molecule has 1 amide bonds. The lowest BCUT2D eigenvalue weighted by Crippen LogP contribution is -2.44. The molecule has 0 bridgehead atoms. The zero-order valence-electron chi connectivity index (χ0n) is 60.8. The second-order valence-corrected chi connectivity index (χ2v) is 31.9. The summed E-state index contributed by atoms with van der Waals surface area (Å²) in [5, 5.41) is 2.92. The molecule has 0 aromatic rings. The maximum Gasteiger partial charge on any atom is 0.327 e. The monoisotopic (exact) mass is 1470 g/mol. The Morgan fingerprint density at radius 1 is 0.495 bits per heavy atom. The Balaban J connectivity index is 0.000000995. The Kier molecular flexibility index (Phi) is 56.9. The molecule has 29 heteroatoms. The first-order valence-electron chi connectivity index (χ1n) is 36.7. The fraction of sp³-hybridized carbons (Fsp3) is 0.871. The van der Waals surface area contributed by atoms with Crippen LogP contribution in [0.3, 0.4) is 0 Å². The number of carbonyl (C=O) groups is 7.